The van der Waals surface area contributed by atoms with E-state index in [9.17, 15) is 9.18 Å². The topological polar surface area (TPSA) is 20.3 Å². The lowest BCUT2D eigenvalue weighted by Gasteiger charge is -2.17. The van der Waals surface area contributed by atoms with Gasteiger partial charge in [0.1, 0.15) is 5.82 Å². The Morgan fingerprint density at radius 1 is 1.21 bits per heavy atom. The summed E-state index contributed by atoms with van der Waals surface area (Å²) in [4.78, 5) is 14.2. The fourth-order valence-electron chi connectivity index (χ4n) is 2.59. The third-order valence-corrected chi connectivity index (χ3v) is 3.53. The summed E-state index contributed by atoms with van der Waals surface area (Å²) in [5.41, 5.74) is 2.50. The molecule has 1 aliphatic rings. The normalized spacial score (nSPS) is 17.4. The van der Waals surface area contributed by atoms with Crippen LogP contribution in [0.3, 0.4) is 0 Å². The number of anilines is 1. The minimum Gasteiger partial charge on any atom is -0.307 e. The highest BCUT2D eigenvalue weighted by Gasteiger charge is 2.29. The predicted octanol–water partition coefficient (Wildman–Crippen LogP) is 3.59. The Kier molecular flexibility index (Phi) is 2.82. The van der Waals surface area contributed by atoms with Crippen molar-refractivity contribution in [2.45, 2.75) is 12.8 Å². The molecule has 1 heterocycles. The minimum absolute atomic E-state index is 0.142. The van der Waals surface area contributed by atoms with Crippen LogP contribution in [0.4, 0.5) is 10.1 Å². The Morgan fingerprint density at radius 3 is 2.79 bits per heavy atom. The third kappa shape index (κ3) is 2.01. The summed E-state index contributed by atoms with van der Waals surface area (Å²) in [6.45, 7) is 2.74. The highest BCUT2D eigenvalue weighted by molar-refractivity contribution is 6.07. The Morgan fingerprint density at radius 2 is 2.00 bits per heavy atom. The van der Waals surface area contributed by atoms with E-state index in [4.69, 9.17) is 0 Å². The molecular formula is C16H14FNO. The van der Waals surface area contributed by atoms with Gasteiger partial charge in [-0.1, -0.05) is 31.2 Å². The second-order valence-electron chi connectivity index (χ2n) is 4.89. The molecule has 0 aromatic heterocycles. The number of hydrogen-bond donors (Lipinski definition) is 0. The van der Waals surface area contributed by atoms with Crippen molar-refractivity contribution < 1.29 is 9.18 Å². The first-order valence-corrected chi connectivity index (χ1v) is 6.33. The van der Waals surface area contributed by atoms with Crippen molar-refractivity contribution in [2.75, 3.05) is 11.4 Å². The van der Waals surface area contributed by atoms with E-state index in [2.05, 4.69) is 6.92 Å². The monoisotopic (exact) mass is 255 g/mol. The summed E-state index contributed by atoms with van der Waals surface area (Å²) in [5, 5.41) is 0. The number of fused-ring (bicyclic) bond motifs is 1. The lowest BCUT2D eigenvalue weighted by molar-refractivity contribution is 0.0988. The van der Waals surface area contributed by atoms with Crippen molar-refractivity contribution in [2.24, 2.45) is 0 Å². The van der Waals surface area contributed by atoms with Gasteiger partial charge in [0, 0.05) is 23.7 Å². The molecule has 0 radical (unpaired) electrons. The number of halogens is 1. The molecule has 0 bridgehead atoms. The van der Waals surface area contributed by atoms with Gasteiger partial charge in [-0.15, -0.1) is 0 Å². The number of para-hydroxylation sites is 1. The molecule has 1 atom stereocenters. The summed E-state index contributed by atoms with van der Waals surface area (Å²) in [6.07, 6.45) is 0. The van der Waals surface area contributed by atoms with Gasteiger partial charge in [-0.2, -0.15) is 0 Å². The summed E-state index contributed by atoms with van der Waals surface area (Å²) >= 11 is 0. The maximum absolute atomic E-state index is 13.2. The van der Waals surface area contributed by atoms with Crippen molar-refractivity contribution in [1.82, 2.24) is 0 Å². The molecule has 1 amide bonds. The van der Waals surface area contributed by atoms with Gasteiger partial charge < -0.3 is 4.90 Å². The second-order valence-corrected chi connectivity index (χ2v) is 4.89. The number of carbonyl (C=O) groups excluding carboxylic acids is 1. The molecule has 3 heteroatoms. The Hall–Kier alpha value is -2.16. The minimum atomic E-state index is -0.383. The summed E-state index contributed by atoms with van der Waals surface area (Å²) in [6, 6.07) is 13.7. The fraction of sp³-hybridized carbons (Fsp3) is 0.188. The van der Waals surface area contributed by atoms with Crippen LogP contribution >= 0.6 is 0 Å². The first-order valence-electron chi connectivity index (χ1n) is 6.33. The van der Waals surface area contributed by atoms with Gasteiger partial charge in [-0.25, -0.2) is 4.39 Å². The van der Waals surface area contributed by atoms with E-state index in [-0.39, 0.29) is 11.7 Å². The van der Waals surface area contributed by atoms with Crippen LogP contribution in [0.25, 0.3) is 0 Å². The van der Waals surface area contributed by atoms with Gasteiger partial charge >= 0.3 is 0 Å². The average molecular weight is 255 g/mol. The average Bonchev–Trinajstić information content (AvgIpc) is 2.76. The van der Waals surface area contributed by atoms with Gasteiger partial charge in [0.25, 0.3) is 5.91 Å². The number of benzene rings is 2. The van der Waals surface area contributed by atoms with Gasteiger partial charge in [-0.3, -0.25) is 4.79 Å². The van der Waals surface area contributed by atoms with Crippen LogP contribution in [0, 0.1) is 5.82 Å². The highest BCUT2D eigenvalue weighted by Crippen LogP contribution is 2.36. The predicted molar refractivity (Wildman–Crippen MR) is 72.9 cm³/mol. The van der Waals surface area contributed by atoms with E-state index in [1.165, 1.54) is 17.7 Å². The van der Waals surface area contributed by atoms with Crippen LogP contribution in [0.5, 0.6) is 0 Å². The van der Waals surface area contributed by atoms with Gasteiger partial charge in [0.05, 0.1) is 0 Å². The Labute approximate surface area is 111 Å². The molecular weight excluding hydrogens is 241 g/mol. The largest absolute Gasteiger partial charge is 0.307 e. The Balaban J connectivity index is 1.98. The van der Waals surface area contributed by atoms with Gasteiger partial charge in [0.2, 0.25) is 0 Å². The number of nitrogens with zero attached hydrogens (tertiary/aromatic N) is 1. The number of hydrogen-bond acceptors (Lipinski definition) is 1. The zero-order valence-corrected chi connectivity index (χ0v) is 10.6. The lowest BCUT2D eigenvalue weighted by atomic mass is 10.0. The van der Waals surface area contributed by atoms with E-state index in [0.29, 0.717) is 18.0 Å². The zero-order valence-electron chi connectivity index (χ0n) is 10.6. The van der Waals surface area contributed by atoms with Crippen LogP contribution in [0.15, 0.2) is 48.5 Å². The molecule has 0 saturated carbocycles. The van der Waals surface area contributed by atoms with Crippen LogP contribution in [-0.4, -0.2) is 12.5 Å². The molecule has 0 spiro atoms. The molecule has 0 fully saturated rings. The fourth-order valence-corrected chi connectivity index (χ4v) is 2.59. The molecule has 1 unspecified atom stereocenters. The number of carbonyl (C=O) groups is 1. The van der Waals surface area contributed by atoms with Crippen molar-refractivity contribution >= 4 is 11.6 Å². The Bertz CT molecular complexity index is 638. The molecule has 2 nitrogen and oxygen atoms in total. The van der Waals surface area contributed by atoms with Crippen LogP contribution in [-0.2, 0) is 0 Å². The molecule has 96 valence electrons. The molecule has 0 aliphatic carbocycles. The smallest absolute Gasteiger partial charge is 0.258 e. The van der Waals surface area contributed by atoms with E-state index >= 15 is 0 Å². The second kappa shape index (κ2) is 4.50. The van der Waals surface area contributed by atoms with Crippen LogP contribution in [0.1, 0.15) is 28.8 Å². The third-order valence-electron chi connectivity index (χ3n) is 3.53. The number of amides is 1. The van der Waals surface area contributed by atoms with E-state index in [1.807, 2.05) is 24.3 Å². The van der Waals surface area contributed by atoms with E-state index < -0.39 is 0 Å². The molecule has 0 saturated heterocycles. The molecule has 19 heavy (non-hydrogen) atoms. The standard InChI is InChI=1S/C16H14FNO/c1-11-10-18(15-8-3-2-7-14(11)15)16(19)12-5-4-6-13(17)9-12/h2-9,11H,10H2,1H3. The molecule has 3 rings (SSSR count). The van der Waals surface area contributed by atoms with Crippen molar-refractivity contribution in [3.63, 3.8) is 0 Å². The first kappa shape index (κ1) is 11.9. The van der Waals surface area contributed by atoms with Gasteiger partial charge in [-0.05, 0) is 29.8 Å². The van der Waals surface area contributed by atoms with E-state index in [1.54, 1.807) is 17.0 Å². The van der Waals surface area contributed by atoms with Crippen molar-refractivity contribution in [3.05, 3.63) is 65.5 Å². The molecule has 2 aromatic rings. The summed E-state index contributed by atoms with van der Waals surface area (Å²) in [5.74, 6) is -0.212. The number of rotatable bonds is 1. The first-order chi connectivity index (χ1) is 9.16. The maximum Gasteiger partial charge on any atom is 0.258 e. The summed E-state index contributed by atoms with van der Waals surface area (Å²) in [7, 11) is 0. The highest BCUT2D eigenvalue weighted by atomic mass is 19.1. The maximum atomic E-state index is 13.2. The molecule has 1 aliphatic heterocycles. The van der Waals surface area contributed by atoms with E-state index in [0.717, 1.165) is 5.69 Å². The summed E-state index contributed by atoms with van der Waals surface area (Å²) < 4.78 is 13.2. The SMILES string of the molecule is CC1CN(C(=O)c2cccc(F)c2)c2ccccc21. The zero-order chi connectivity index (χ0) is 13.4. The van der Waals surface area contributed by atoms with Gasteiger partial charge in [0.15, 0.2) is 0 Å². The molecule has 2 aromatic carbocycles. The van der Waals surface area contributed by atoms with Crippen molar-refractivity contribution in [1.29, 1.82) is 0 Å². The lowest BCUT2D eigenvalue weighted by Crippen LogP contribution is -2.29. The van der Waals surface area contributed by atoms with Crippen LogP contribution in [0.2, 0.25) is 0 Å². The molecule has 0 N–H and O–H groups in total. The quantitative estimate of drug-likeness (QED) is 0.762. The van der Waals surface area contributed by atoms with Crippen LogP contribution < -0.4 is 4.90 Å². The van der Waals surface area contributed by atoms with Crippen molar-refractivity contribution in [3.8, 4) is 0 Å².